The fraction of sp³-hybridized carbons (Fsp3) is 0.529. The number of unbranched alkanes of at least 4 members (excludes halogenated alkanes) is 1. The topological polar surface area (TPSA) is 35.2 Å². The molecule has 0 unspecified atom stereocenters. The van der Waals surface area contributed by atoms with Crippen LogP contribution >= 0.6 is 0 Å². The molecule has 0 bridgehead atoms. The highest BCUT2D eigenvalue weighted by atomic mass is 16.5. The SMILES string of the molecule is CC.CC.CCCC#Cc1ccc(OC)cc1.CN. The normalized spacial score (nSPS) is 6.95. The molecule has 0 atom stereocenters. The van der Waals surface area contributed by atoms with Crippen molar-refractivity contribution in [3.05, 3.63) is 29.8 Å². The average molecular weight is 265 g/mol. The first-order chi connectivity index (χ1) is 9.36. The van der Waals surface area contributed by atoms with Crippen LogP contribution in [0.25, 0.3) is 0 Å². The van der Waals surface area contributed by atoms with Gasteiger partial charge < -0.3 is 10.5 Å². The summed E-state index contributed by atoms with van der Waals surface area (Å²) in [7, 11) is 3.16. The van der Waals surface area contributed by atoms with E-state index in [4.69, 9.17) is 4.74 Å². The van der Waals surface area contributed by atoms with Gasteiger partial charge in [0, 0.05) is 12.0 Å². The van der Waals surface area contributed by atoms with Crippen LogP contribution in [0.2, 0.25) is 0 Å². The van der Waals surface area contributed by atoms with Gasteiger partial charge in [0.05, 0.1) is 7.11 Å². The number of hydrogen-bond donors (Lipinski definition) is 1. The summed E-state index contributed by atoms with van der Waals surface area (Å²) in [5.74, 6) is 7.07. The van der Waals surface area contributed by atoms with Gasteiger partial charge in [-0.1, -0.05) is 46.5 Å². The van der Waals surface area contributed by atoms with Gasteiger partial charge in [0.1, 0.15) is 5.75 Å². The van der Waals surface area contributed by atoms with Crippen molar-refractivity contribution in [2.45, 2.75) is 47.5 Å². The van der Waals surface area contributed by atoms with Crippen molar-refractivity contribution in [2.24, 2.45) is 5.73 Å². The van der Waals surface area contributed by atoms with Crippen LogP contribution in [0.5, 0.6) is 5.75 Å². The lowest BCUT2D eigenvalue weighted by Gasteiger charge is -1.97. The molecule has 1 aromatic carbocycles. The van der Waals surface area contributed by atoms with E-state index in [0.29, 0.717) is 0 Å². The van der Waals surface area contributed by atoms with Gasteiger partial charge >= 0.3 is 0 Å². The number of ether oxygens (including phenoxy) is 1. The molecule has 1 aromatic rings. The average Bonchev–Trinajstić information content (AvgIpc) is 2.54. The summed E-state index contributed by atoms with van der Waals surface area (Å²) < 4.78 is 5.05. The lowest BCUT2D eigenvalue weighted by atomic mass is 10.2. The number of methoxy groups -OCH3 is 1. The molecular weight excluding hydrogens is 234 g/mol. The van der Waals surface area contributed by atoms with Crippen LogP contribution in [0.1, 0.15) is 53.0 Å². The highest BCUT2D eigenvalue weighted by Crippen LogP contribution is 2.10. The lowest BCUT2D eigenvalue weighted by molar-refractivity contribution is 0.415. The van der Waals surface area contributed by atoms with Crippen molar-refractivity contribution in [3.8, 4) is 17.6 Å². The standard InChI is InChI=1S/C12H14O.2C2H6.CH5N/c1-3-4-5-6-11-7-9-12(13-2)10-8-11;3*1-2/h7-10H,3-4H2,1-2H3;2*1-2H3;2H2,1H3. The maximum atomic E-state index is 5.05. The van der Waals surface area contributed by atoms with Gasteiger partial charge in [0.15, 0.2) is 0 Å². The van der Waals surface area contributed by atoms with E-state index in [1.807, 2.05) is 52.0 Å². The van der Waals surface area contributed by atoms with Gasteiger partial charge in [-0.3, -0.25) is 0 Å². The predicted octanol–water partition coefficient (Wildman–Crippen LogP) is 4.47. The first kappa shape index (κ1) is 22.7. The van der Waals surface area contributed by atoms with Crippen molar-refractivity contribution in [2.75, 3.05) is 14.2 Å². The van der Waals surface area contributed by atoms with Gasteiger partial charge in [-0.15, -0.1) is 0 Å². The summed E-state index contributed by atoms with van der Waals surface area (Å²) >= 11 is 0. The van der Waals surface area contributed by atoms with Gasteiger partial charge in [-0.25, -0.2) is 0 Å². The molecule has 0 radical (unpaired) electrons. The van der Waals surface area contributed by atoms with E-state index in [1.165, 1.54) is 7.05 Å². The Morgan fingerprint density at radius 1 is 1.00 bits per heavy atom. The molecule has 0 heterocycles. The highest BCUT2D eigenvalue weighted by Gasteiger charge is 1.88. The van der Waals surface area contributed by atoms with E-state index < -0.39 is 0 Å². The number of hydrogen-bond acceptors (Lipinski definition) is 2. The smallest absolute Gasteiger partial charge is 0.118 e. The Hall–Kier alpha value is -1.46. The van der Waals surface area contributed by atoms with Gasteiger partial charge in [0.25, 0.3) is 0 Å². The van der Waals surface area contributed by atoms with Crippen molar-refractivity contribution in [1.29, 1.82) is 0 Å². The zero-order chi connectivity index (χ0) is 15.5. The van der Waals surface area contributed by atoms with Crippen LogP contribution < -0.4 is 10.5 Å². The van der Waals surface area contributed by atoms with Crippen molar-refractivity contribution in [1.82, 2.24) is 0 Å². The van der Waals surface area contributed by atoms with E-state index >= 15 is 0 Å². The second-order valence-electron chi connectivity index (χ2n) is 2.78. The molecule has 2 heteroatoms. The Kier molecular flexibility index (Phi) is 26.0. The number of rotatable bonds is 2. The Labute approximate surface area is 120 Å². The van der Waals surface area contributed by atoms with Gasteiger partial charge in [-0.05, 0) is 37.7 Å². The third-order valence-electron chi connectivity index (χ3n) is 1.70. The van der Waals surface area contributed by atoms with E-state index in [1.54, 1.807) is 7.11 Å². The third-order valence-corrected chi connectivity index (χ3v) is 1.70. The summed E-state index contributed by atoms with van der Waals surface area (Å²) in [6.07, 6.45) is 2.08. The Balaban J connectivity index is -0.000000375. The van der Waals surface area contributed by atoms with E-state index in [0.717, 1.165) is 24.2 Å². The predicted molar refractivity (Wildman–Crippen MR) is 87.6 cm³/mol. The summed E-state index contributed by atoms with van der Waals surface area (Å²) in [5, 5.41) is 0. The molecule has 1 rings (SSSR count). The minimum absolute atomic E-state index is 0.876. The lowest BCUT2D eigenvalue weighted by Crippen LogP contribution is -1.81. The second-order valence-corrected chi connectivity index (χ2v) is 2.78. The molecule has 0 spiro atoms. The Morgan fingerprint density at radius 3 is 1.84 bits per heavy atom. The molecule has 0 amide bonds. The number of nitrogens with two attached hydrogens (primary N) is 1. The molecule has 19 heavy (non-hydrogen) atoms. The summed E-state index contributed by atoms with van der Waals surface area (Å²) in [4.78, 5) is 0. The first-order valence-electron chi connectivity index (χ1n) is 7.07. The zero-order valence-corrected chi connectivity index (χ0v) is 13.7. The molecule has 2 nitrogen and oxygen atoms in total. The van der Waals surface area contributed by atoms with E-state index in [9.17, 15) is 0 Å². The second kappa shape index (κ2) is 21.8. The monoisotopic (exact) mass is 265 g/mol. The largest absolute Gasteiger partial charge is 0.497 e. The molecule has 0 aliphatic carbocycles. The van der Waals surface area contributed by atoms with Gasteiger partial charge in [0.2, 0.25) is 0 Å². The van der Waals surface area contributed by atoms with Crippen LogP contribution in [-0.2, 0) is 0 Å². The quantitative estimate of drug-likeness (QED) is 0.800. The molecule has 0 saturated heterocycles. The van der Waals surface area contributed by atoms with Crippen LogP contribution in [0.3, 0.4) is 0 Å². The van der Waals surface area contributed by atoms with Crippen LogP contribution in [0, 0.1) is 11.8 Å². The molecule has 0 saturated carbocycles. The van der Waals surface area contributed by atoms with Crippen LogP contribution in [-0.4, -0.2) is 14.2 Å². The maximum Gasteiger partial charge on any atom is 0.118 e. The third kappa shape index (κ3) is 14.5. The fourth-order valence-corrected chi connectivity index (χ4v) is 0.964. The minimum atomic E-state index is 0.876. The van der Waals surface area contributed by atoms with Crippen molar-refractivity contribution in [3.63, 3.8) is 0 Å². The van der Waals surface area contributed by atoms with E-state index in [2.05, 4.69) is 24.5 Å². The minimum Gasteiger partial charge on any atom is -0.497 e. The molecule has 0 aromatic heterocycles. The molecule has 0 aliphatic rings. The maximum absolute atomic E-state index is 5.05. The van der Waals surface area contributed by atoms with Crippen LogP contribution in [0.4, 0.5) is 0 Å². The molecule has 2 N–H and O–H groups in total. The highest BCUT2D eigenvalue weighted by molar-refractivity contribution is 5.38. The zero-order valence-electron chi connectivity index (χ0n) is 13.7. The molecular formula is C17H31NO. The molecule has 0 aliphatic heterocycles. The molecule has 110 valence electrons. The summed E-state index contributed by atoms with van der Waals surface area (Å²) in [6, 6.07) is 7.80. The summed E-state index contributed by atoms with van der Waals surface area (Å²) in [6.45, 7) is 10.1. The van der Waals surface area contributed by atoms with E-state index in [-0.39, 0.29) is 0 Å². The number of benzene rings is 1. The van der Waals surface area contributed by atoms with Gasteiger partial charge in [-0.2, -0.15) is 0 Å². The summed E-state index contributed by atoms with van der Waals surface area (Å²) in [5.41, 5.74) is 5.55. The fourth-order valence-electron chi connectivity index (χ4n) is 0.964. The van der Waals surface area contributed by atoms with Crippen molar-refractivity contribution >= 4 is 0 Å². The first-order valence-corrected chi connectivity index (χ1v) is 7.07. The van der Waals surface area contributed by atoms with Crippen LogP contribution in [0.15, 0.2) is 24.3 Å². The Morgan fingerprint density at radius 2 is 1.47 bits per heavy atom. The van der Waals surface area contributed by atoms with Crippen molar-refractivity contribution < 1.29 is 4.74 Å². The molecule has 0 fully saturated rings. The Bertz CT molecular complexity index is 306.